The Kier molecular flexibility index (Phi) is 8.14. The number of carbonyl (C=O) groups is 1. The zero-order valence-electron chi connectivity index (χ0n) is 17.7. The van der Waals surface area contributed by atoms with Crippen LogP contribution in [0.3, 0.4) is 0 Å². The highest BCUT2D eigenvalue weighted by atomic mass is 35.5. The standard InChI is InChI=1S/C24H28ClN3OS/c1-4-28(5-2)16-17(3)15-26-24(29)21-14-23(27-22-9-7-6-8-20(21)22)30-19-12-10-18(25)11-13-19/h6-14,17H,4-5,15-16H2,1-3H3,(H,26,29)/t17-/m0/s1. The third-order valence-electron chi connectivity index (χ3n) is 5.05. The molecule has 0 aliphatic carbocycles. The van der Waals surface area contributed by atoms with Gasteiger partial charge in [0.15, 0.2) is 0 Å². The van der Waals surface area contributed by atoms with Crippen LogP contribution in [-0.4, -0.2) is 42.0 Å². The van der Waals surface area contributed by atoms with E-state index < -0.39 is 0 Å². The maximum absolute atomic E-state index is 13.1. The molecule has 0 fully saturated rings. The Balaban J connectivity index is 1.79. The van der Waals surface area contributed by atoms with E-state index >= 15 is 0 Å². The summed E-state index contributed by atoms with van der Waals surface area (Å²) in [4.78, 5) is 21.2. The van der Waals surface area contributed by atoms with Gasteiger partial charge in [-0.25, -0.2) is 4.98 Å². The maximum atomic E-state index is 13.1. The second-order valence-corrected chi connectivity index (χ2v) is 8.91. The van der Waals surface area contributed by atoms with E-state index in [9.17, 15) is 4.79 Å². The number of fused-ring (bicyclic) bond motifs is 1. The number of halogens is 1. The lowest BCUT2D eigenvalue weighted by Crippen LogP contribution is -2.35. The topological polar surface area (TPSA) is 45.2 Å². The molecule has 3 rings (SSSR count). The number of carbonyl (C=O) groups excluding carboxylic acids is 1. The lowest BCUT2D eigenvalue weighted by Gasteiger charge is -2.23. The number of para-hydroxylation sites is 1. The molecular formula is C24H28ClN3OS. The van der Waals surface area contributed by atoms with Crippen LogP contribution in [-0.2, 0) is 0 Å². The molecule has 1 aromatic heterocycles. The third-order valence-corrected chi connectivity index (χ3v) is 6.23. The van der Waals surface area contributed by atoms with Gasteiger partial charge in [0.2, 0.25) is 0 Å². The van der Waals surface area contributed by atoms with E-state index in [1.165, 1.54) is 11.8 Å². The van der Waals surface area contributed by atoms with Gasteiger partial charge < -0.3 is 10.2 Å². The first kappa shape index (κ1) is 22.6. The van der Waals surface area contributed by atoms with Crippen molar-refractivity contribution in [1.82, 2.24) is 15.2 Å². The second kappa shape index (κ2) is 10.8. The number of rotatable bonds is 9. The molecular weight excluding hydrogens is 414 g/mol. The highest BCUT2D eigenvalue weighted by Gasteiger charge is 2.15. The molecule has 0 saturated heterocycles. The van der Waals surface area contributed by atoms with Crippen molar-refractivity contribution in [2.75, 3.05) is 26.2 Å². The van der Waals surface area contributed by atoms with Crippen LogP contribution < -0.4 is 5.32 Å². The van der Waals surface area contributed by atoms with Crippen molar-refractivity contribution in [1.29, 1.82) is 0 Å². The van der Waals surface area contributed by atoms with Crippen molar-refractivity contribution >= 4 is 40.2 Å². The molecule has 0 aliphatic heterocycles. The zero-order valence-corrected chi connectivity index (χ0v) is 19.3. The van der Waals surface area contributed by atoms with Crippen LogP contribution in [0.15, 0.2) is 64.5 Å². The van der Waals surface area contributed by atoms with Gasteiger partial charge in [-0.15, -0.1) is 0 Å². The maximum Gasteiger partial charge on any atom is 0.252 e. The number of hydrogen-bond donors (Lipinski definition) is 1. The third kappa shape index (κ3) is 5.97. The number of amides is 1. The minimum absolute atomic E-state index is 0.0575. The van der Waals surface area contributed by atoms with E-state index in [0.717, 1.165) is 40.5 Å². The van der Waals surface area contributed by atoms with Crippen LogP contribution in [0.2, 0.25) is 5.02 Å². The summed E-state index contributed by atoms with van der Waals surface area (Å²) in [5.41, 5.74) is 1.48. The zero-order chi connectivity index (χ0) is 21.5. The number of hydrogen-bond acceptors (Lipinski definition) is 4. The van der Waals surface area contributed by atoms with Crippen LogP contribution in [0, 0.1) is 5.92 Å². The fraction of sp³-hybridized carbons (Fsp3) is 0.333. The molecule has 3 aromatic rings. The first-order valence-corrected chi connectivity index (χ1v) is 11.5. The SMILES string of the molecule is CCN(CC)C[C@@H](C)CNC(=O)c1cc(Sc2ccc(Cl)cc2)nc2ccccc12. The van der Waals surface area contributed by atoms with E-state index in [4.69, 9.17) is 16.6 Å². The summed E-state index contributed by atoms with van der Waals surface area (Å²) in [6, 6.07) is 17.3. The van der Waals surface area contributed by atoms with Crippen LogP contribution in [0.1, 0.15) is 31.1 Å². The average molecular weight is 442 g/mol. The van der Waals surface area contributed by atoms with E-state index in [-0.39, 0.29) is 5.91 Å². The number of pyridine rings is 1. The van der Waals surface area contributed by atoms with Crippen molar-refractivity contribution in [2.24, 2.45) is 5.92 Å². The number of nitrogens with zero attached hydrogens (tertiary/aromatic N) is 2. The minimum atomic E-state index is -0.0575. The number of nitrogens with one attached hydrogen (secondary N) is 1. The van der Waals surface area contributed by atoms with Crippen molar-refractivity contribution in [3.8, 4) is 0 Å². The molecule has 1 heterocycles. The van der Waals surface area contributed by atoms with Crippen LogP contribution in [0.25, 0.3) is 10.9 Å². The Morgan fingerprint density at radius 2 is 1.83 bits per heavy atom. The normalized spacial score (nSPS) is 12.3. The largest absolute Gasteiger partial charge is 0.352 e. The molecule has 0 bridgehead atoms. The van der Waals surface area contributed by atoms with Gasteiger partial charge in [0, 0.05) is 28.4 Å². The van der Waals surface area contributed by atoms with Crippen molar-refractivity contribution in [3.05, 3.63) is 65.2 Å². The Bertz CT molecular complexity index is 989. The summed E-state index contributed by atoms with van der Waals surface area (Å²) >= 11 is 7.51. The van der Waals surface area contributed by atoms with Gasteiger partial charge in [-0.05, 0) is 55.4 Å². The average Bonchev–Trinajstić information content (AvgIpc) is 2.76. The number of aromatic nitrogens is 1. The van der Waals surface area contributed by atoms with Crippen LogP contribution >= 0.6 is 23.4 Å². The van der Waals surface area contributed by atoms with Crippen molar-refractivity contribution in [2.45, 2.75) is 30.7 Å². The molecule has 0 aliphatic rings. The summed E-state index contributed by atoms with van der Waals surface area (Å²) in [7, 11) is 0. The second-order valence-electron chi connectivity index (χ2n) is 7.38. The van der Waals surface area contributed by atoms with Gasteiger partial charge in [-0.1, -0.05) is 62.3 Å². The number of benzene rings is 2. The predicted octanol–water partition coefficient (Wildman–Crippen LogP) is 5.75. The van der Waals surface area contributed by atoms with Crippen LogP contribution in [0.4, 0.5) is 0 Å². The first-order chi connectivity index (χ1) is 14.5. The molecule has 0 saturated carbocycles. The molecule has 0 unspecified atom stereocenters. The Hall–Kier alpha value is -2.08. The van der Waals surface area contributed by atoms with Crippen molar-refractivity contribution < 1.29 is 4.79 Å². The smallest absolute Gasteiger partial charge is 0.252 e. The van der Waals surface area contributed by atoms with Gasteiger partial charge in [-0.3, -0.25) is 4.79 Å². The van der Waals surface area contributed by atoms with Gasteiger partial charge in [0.25, 0.3) is 5.91 Å². The Morgan fingerprint density at radius 1 is 1.13 bits per heavy atom. The van der Waals surface area contributed by atoms with Crippen LogP contribution in [0.5, 0.6) is 0 Å². The summed E-state index contributed by atoms with van der Waals surface area (Å²) in [6.07, 6.45) is 0. The van der Waals surface area contributed by atoms with Crippen molar-refractivity contribution in [3.63, 3.8) is 0 Å². The highest BCUT2D eigenvalue weighted by Crippen LogP contribution is 2.30. The van der Waals surface area contributed by atoms with Gasteiger partial charge in [0.1, 0.15) is 5.03 Å². The fourth-order valence-electron chi connectivity index (χ4n) is 3.36. The fourth-order valence-corrected chi connectivity index (χ4v) is 4.32. The van der Waals surface area contributed by atoms with Gasteiger partial charge in [0.05, 0.1) is 11.1 Å². The molecule has 1 amide bonds. The van der Waals surface area contributed by atoms with E-state index in [1.807, 2.05) is 54.6 Å². The van der Waals surface area contributed by atoms with E-state index in [1.54, 1.807) is 0 Å². The molecule has 1 atom stereocenters. The van der Waals surface area contributed by atoms with E-state index in [2.05, 4.69) is 31.0 Å². The Morgan fingerprint density at radius 3 is 2.53 bits per heavy atom. The molecule has 6 heteroatoms. The van der Waals surface area contributed by atoms with Gasteiger partial charge in [-0.2, -0.15) is 0 Å². The monoisotopic (exact) mass is 441 g/mol. The summed E-state index contributed by atoms with van der Waals surface area (Å²) in [5, 5.41) is 5.48. The predicted molar refractivity (Wildman–Crippen MR) is 127 cm³/mol. The minimum Gasteiger partial charge on any atom is -0.352 e. The molecule has 158 valence electrons. The highest BCUT2D eigenvalue weighted by molar-refractivity contribution is 7.99. The van der Waals surface area contributed by atoms with Gasteiger partial charge >= 0.3 is 0 Å². The summed E-state index contributed by atoms with van der Waals surface area (Å²) < 4.78 is 0. The lowest BCUT2D eigenvalue weighted by molar-refractivity contribution is 0.0946. The molecule has 30 heavy (non-hydrogen) atoms. The molecule has 0 spiro atoms. The summed E-state index contributed by atoms with van der Waals surface area (Å²) in [6.45, 7) is 10.2. The Labute approximate surface area is 188 Å². The summed E-state index contributed by atoms with van der Waals surface area (Å²) in [5.74, 6) is 0.322. The first-order valence-electron chi connectivity index (χ1n) is 10.3. The molecule has 4 nitrogen and oxygen atoms in total. The molecule has 2 aromatic carbocycles. The van der Waals surface area contributed by atoms with E-state index in [0.29, 0.717) is 23.0 Å². The molecule has 1 N–H and O–H groups in total. The quantitative estimate of drug-likeness (QED) is 0.459. The molecule has 0 radical (unpaired) electrons. The lowest BCUT2D eigenvalue weighted by atomic mass is 10.1.